The van der Waals surface area contributed by atoms with E-state index in [0.29, 0.717) is 11.3 Å². The molecular formula is C20H16N2OS2. The van der Waals surface area contributed by atoms with E-state index < -0.39 is 0 Å². The van der Waals surface area contributed by atoms with Gasteiger partial charge in [-0.1, -0.05) is 30.3 Å². The van der Waals surface area contributed by atoms with E-state index in [1.807, 2.05) is 18.2 Å². The summed E-state index contributed by atoms with van der Waals surface area (Å²) >= 11 is 3.08. The molecule has 0 saturated heterocycles. The van der Waals surface area contributed by atoms with E-state index >= 15 is 0 Å². The first-order valence-electron chi connectivity index (χ1n) is 8.20. The van der Waals surface area contributed by atoms with Crippen molar-refractivity contribution in [3.63, 3.8) is 0 Å². The van der Waals surface area contributed by atoms with Gasteiger partial charge in [0.1, 0.15) is 11.1 Å². The molecule has 0 bridgehead atoms. The van der Waals surface area contributed by atoms with Gasteiger partial charge in [-0.05, 0) is 47.7 Å². The van der Waals surface area contributed by atoms with Crippen LogP contribution in [0.2, 0.25) is 0 Å². The molecule has 3 nitrogen and oxygen atoms in total. The molecule has 1 aliphatic rings. The number of carbonyl (C=O) groups excluding carboxylic acids is 1. The number of benzene rings is 2. The SMILES string of the molecule is N#Cc1c(NC(=O)CSc2ccc3ccccc3c2)sc2c1CCC2. The number of hydrogen-bond donors (Lipinski definition) is 1. The van der Waals surface area contributed by atoms with Gasteiger partial charge in [0.05, 0.1) is 11.3 Å². The molecule has 25 heavy (non-hydrogen) atoms. The van der Waals surface area contributed by atoms with Crippen LogP contribution in [0.15, 0.2) is 47.4 Å². The van der Waals surface area contributed by atoms with Crippen molar-refractivity contribution in [3.8, 4) is 6.07 Å². The summed E-state index contributed by atoms with van der Waals surface area (Å²) in [4.78, 5) is 14.6. The van der Waals surface area contributed by atoms with Crippen molar-refractivity contribution >= 4 is 44.8 Å². The van der Waals surface area contributed by atoms with Crippen LogP contribution in [-0.4, -0.2) is 11.7 Å². The van der Waals surface area contributed by atoms with Gasteiger partial charge in [-0.15, -0.1) is 23.1 Å². The Morgan fingerprint density at radius 3 is 2.88 bits per heavy atom. The van der Waals surface area contributed by atoms with E-state index in [4.69, 9.17) is 0 Å². The molecule has 0 radical (unpaired) electrons. The van der Waals surface area contributed by atoms with Crippen LogP contribution in [0, 0.1) is 11.3 Å². The summed E-state index contributed by atoms with van der Waals surface area (Å²) in [6, 6.07) is 16.7. The number of aryl methyl sites for hydroxylation is 1. The number of anilines is 1. The van der Waals surface area contributed by atoms with Gasteiger partial charge in [-0.25, -0.2) is 0 Å². The zero-order valence-electron chi connectivity index (χ0n) is 13.5. The Kier molecular flexibility index (Phi) is 4.48. The highest BCUT2D eigenvalue weighted by molar-refractivity contribution is 8.00. The maximum Gasteiger partial charge on any atom is 0.235 e. The molecule has 0 saturated carbocycles. The summed E-state index contributed by atoms with van der Waals surface area (Å²) in [5.41, 5.74) is 1.81. The van der Waals surface area contributed by atoms with Gasteiger partial charge in [-0.2, -0.15) is 5.26 Å². The molecule has 2 aromatic carbocycles. The maximum atomic E-state index is 12.3. The van der Waals surface area contributed by atoms with Crippen LogP contribution in [0.25, 0.3) is 10.8 Å². The number of carbonyl (C=O) groups is 1. The number of nitriles is 1. The second-order valence-corrected chi connectivity index (χ2v) is 8.17. The van der Waals surface area contributed by atoms with Crippen LogP contribution in [-0.2, 0) is 17.6 Å². The Hall–Kier alpha value is -2.29. The first kappa shape index (κ1) is 16.2. The van der Waals surface area contributed by atoms with Gasteiger partial charge in [0.25, 0.3) is 0 Å². The lowest BCUT2D eigenvalue weighted by atomic mass is 10.1. The molecule has 1 aliphatic carbocycles. The fourth-order valence-electron chi connectivity index (χ4n) is 3.18. The smallest absolute Gasteiger partial charge is 0.235 e. The number of fused-ring (bicyclic) bond motifs is 2. The van der Waals surface area contributed by atoms with E-state index in [0.717, 1.165) is 34.7 Å². The lowest BCUT2D eigenvalue weighted by Gasteiger charge is -2.05. The molecule has 0 atom stereocenters. The lowest BCUT2D eigenvalue weighted by Crippen LogP contribution is -2.13. The Labute approximate surface area is 154 Å². The van der Waals surface area contributed by atoms with Crippen LogP contribution in [0.3, 0.4) is 0 Å². The predicted molar refractivity (Wildman–Crippen MR) is 104 cm³/mol. The van der Waals surface area contributed by atoms with E-state index in [1.165, 1.54) is 27.4 Å². The van der Waals surface area contributed by atoms with E-state index in [2.05, 4.69) is 35.7 Å². The van der Waals surface area contributed by atoms with Gasteiger partial charge >= 0.3 is 0 Å². The lowest BCUT2D eigenvalue weighted by molar-refractivity contribution is -0.113. The molecule has 1 heterocycles. The Bertz CT molecular complexity index is 1000. The van der Waals surface area contributed by atoms with Gasteiger partial charge in [0.2, 0.25) is 5.91 Å². The molecule has 1 amide bonds. The molecule has 124 valence electrons. The van der Waals surface area contributed by atoms with Crippen molar-refractivity contribution in [3.05, 3.63) is 58.5 Å². The molecule has 0 spiro atoms. The van der Waals surface area contributed by atoms with Gasteiger partial charge in [0.15, 0.2) is 0 Å². The fourth-order valence-corrected chi connectivity index (χ4v) is 5.18. The molecule has 0 aliphatic heterocycles. The normalized spacial score (nSPS) is 12.8. The van der Waals surface area contributed by atoms with Gasteiger partial charge in [0, 0.05) is 9.77 Å². The Balaban J connectivity index is 1.43. The zero-order chi connectivity index (χ0) is 17.2. The quantitative estimate of drug-likeness (QED) is 0.663. The highest BCUT2D eigenvalue weighted by atomic mass is 32.2. The van der Waals surface area contributed by atoms with Crippen LogP contribution < -0.4 is 5.32 Å². The van der Waals surface area contributed by atoms with Crippen molar-refractivity contribution in [2.45, 2.75) is 24.2 Å². The molecular weight excluding hydrogens is 348 g/mol. The number of amides is 1. The second kappa shape index (κ2) is 6.91. The first-order chi connectivity index (χ1) is 12.2. The minimum atomic E-state index is -0.0606. The number of hydrogen-bond acceptors (Lipinski definition) is 4. The summed E-state index contributed by atoms with van der Waals surface area (Å²) in [5, 5.41) is 15.4. The molecule has 5 heteroatoms. The van der Waals surface area contributed by atoms with Crippen LogP contribution in [0.1, 0.15) is 22.4 Å². The standard InChI is InChI=1S/C20H16N2OS2/c21-11-17-16-6-3-7-18(16)25-20(17)22-19(23)12-24-15-9-8-13-4-1-2-5-14(13)10-15/h1-2,4-5,8-10H,3,6-7,12H2,(H,22,23). The number of nitrogens with zero attached hydrogens (tertiary/aromatic N) is 1. The van der Waals surface area contributed by atoms with E-state index in [9.17, 15) is 10.1 Å². The van der Waals surface area contributed by atoms with Crippen molar-refractivity contribution in [2.75, 3.05) is 11.1 Å². The Morgan fingerprint density at radius 2 is 2.04 bits per heavy atom. The van der Waals surface area contributed by atoms with Gasteiger partial charge in [-0.3, -0.25) is 4.79 Å². The first-order valence-corrected chi connectivity index (χ1v) is 10.0. The second-order valence-electron chi connectivity index (χ2n) is 6.02. The van der Waals surface area contributed by atoms with Crippen LogP contribution in [0.4, 0.5) is 5.00 Å². The van der Waals surface area contributed by atoms with E-state index in [-0.39, 0.29) is 5.91 Å². The minimum Gasteiger partial charge on any atom is -0.316 e. The number of thiophene rings is 1. The monoisotopic (exact) mass is 364 g/mol. The average Bonchev–Trinajstić information content (AvgIpc) is 3.20. The number of nitrogens with one attached hydrogen (secondary N) is 1. The fraction of sp³-hybridized carbons (Fsp3) is 0.200. The largest absolute Gasteiger partial charge is 0.316 e. The van der Waals surface area contributed by atoms with Crippen molar-refractivity contribution < 1.29 is 4.79 Å². The molecule has 3 aromatic rings. The van der Waals surface area contributed by atoms with Gasteiger partial charge < -0.3 is 5.32 Å². The van der Waals surface area contributed by atoms with Crippen molar-refractivity contribution in [1.29, 1.82) is 5.26 Å². The van der Waals surface area contributed by atoms with E-state index in [1.54, 1.807) is 11.3 Å². The summed E-state index contributed by atoms with van der Waals surface area (Å²) in [7, 11) is 0. The Morgan fingerprint density at radius 1 is 1.20 bits per heavy atom. The maximum absolute atomic E-state index is 12.3. The summed E-state index contributed by atoms with van der Waals surface area (Å²) in [5.74, 6) is 0.278. The topological polar surface area (TPSA) is 52.9 Å². The highest BCUT2D eigenvalue weighted by Crippen LogP contribution is 2.38. The summed E-state index contributed by atoms with van der Waals surface area (Å²) < 4.78 is 0. The molecule has 1 aromatic heterocycles. The number of thioether (sulfide) groups is 1. The van der Waals surface area contributed by atoms with Crippen molar-refractivity contribution in [2.24, 2.45) is 0 Å². The summed E-state index contributed by atoms with van der Waals surface area (Å²) in [6.07, 6.45) is 3.09. The zero-order valence-corrected chi connectivity index (χ0v) is 15.2. The molecule has 1 N–H and O–H groups in total. The molecule has 4 rings (SSSR count). The third-order valence-corrected chi connectivity index (χ3v) is 6.58. The third kappa shape index (κ3) is 3.28. The third-order valence-electron chi connectivity index (χ3n) is 4.38. The minimum absolute atomic E-state index is 0.0606. The van der Waals surface area contributed by atoms with Crippen LogP contribution >= 0.6 is 23.1 Å². The van der Waals surface area contributed by atoms with Crippen molar-refractivity contribution in [1.82, 2.24) is 0 Å². The van der Waals surface area contributed by atoms with Crippen LogP contribution in [0.5, 0.6) is 0 Å². The number of rotatable bonds is 4. The average molecular weight is 364 g/mol. The highest BCUT2D eigenvalue weighted by Gasteiger charge is 2.23. The summed E-state index contributed by atoms with van der Waals surface area (Å²) in [6.45, 7) is 0. The molecule has 0 fully saturated rings. The molecule has 0 unspecified atom stereocenters. The predicted octanol–water partition coefficient (Wildman–Crippen LogP) is 4.99.